The third kappa shape index (κ3) is 2.36. The Bertz CT molecular complexity index is 701. The number of rotatable bonds is 2. The van der Waals surface area contributed by atoms with Gasteiger partial charge in [0.15, 0.2) is 0 Å². The topological polar surface area (TPSA) is 71.1 Å². The van der Waals surface area contributed by atoms with Gasteiger partial charge in [0, 0.05) is 5.56 Å². The number of piperidine rings is 1. The van der Waals surface area contributed by atoms with Crippen LogP contribution in [0.5, 0.6) is 0 Å². The molecule has 2 heterocycles. The zero-order valence-electron chi connectivity index (χ0n) is 12.2. The SMILES string of the molecule is N#CC(C#N)=C1C(=O)N(CN2CCCCC2)c2ccccc21. The summed E-state index contributed by atoms with van der Waals surface area (Å²) in [6.45, 7) is 2.48. The molecule has 0 aliphatic carbocycles. The van der Waals surface area contributed by atoms with Crippen LogP contribution in [0, 0.1) is 22.7 Å². The molecule has 0 bridgehead atoms. The summed E-state index contributed by atoms with van der Waals surface area (Å²) < 4.78 is 0. The van der Waals surface area contributed by atoms with E-state index >= 15 is 0 Å². The van der Waals surface area contributed by atoms with Crippen LogP contribution in [-0.2, 0) is 4.79 Å². The molecular formula is C17H16N4O. The number of carbonyl (C=O) groups excluding carboxylic acids is 1. The standard InChI is InChI=1S/C17H16N4O/c18-10-13(11-19)16-14-6-2-3-7-15(14)21(17(16)22)12-20-8-4-1-5-9-20/h2-3,6-7H,1,4-5,8-9,12H2. The van der Waals surface area contributed by atoms with E-state index in [4.69, 9.17) is 10.5 Å². The fourth-order valence-corrected chi connectivity index (χ4v) is 3.10. The number of likely N-dealkylation sites (tertiary alicyclic amines) is 1. The van der Waals surface area contributed by atoms with Crippen molar-refractivity contribution in [3.63, 3.8) is 0 Å². The first-order valence-corrected chi connectivity index (χ1v) is 7.44. The van der Waals surface area contributed by atoms with E-state index in [0.29, 0.717) is 12.2 Å². The van der Waals surface area contributed by atoms with Gasteiger partial charge in [0.05, 0.1) is 17.9 Å². The molecule has 1 amide bonds. The second kappa shape index (κ2) is 6.01. The third-order valence-corrected chi connectivity index (χ3v) is 4.19. The predicted molar refractivity (Wildman–Crippen MR) is 82.4 cm³/mol. The Balaban J connectivity index is 1.99. The second-order valence-corrected chi connectivity index (χ2v) is 5.54. The van der Waals surface area contributed by atoms with E-state index in [1.807, 2.05) is 30.3 Å². The number of anilines is 1. The number of amides is 1. The maximum Gasteiger partial charge on any atom is 0.262 e. The predicted octanol–water partition coefficient (Wildman–Crippen LogP) is 2.28. The van der Waals surface area contributed by atoms with E-state index in [0.717, 1.165) is 31.6 Å². The quantitative estimate of drug-likeness (QED) is 0.619. The molecule has 5 heteroatoms. The first-order valence-electron chi connectivity index (χ1n) is 7.44. The molecule has 3 rings (SSSR count). The van der Waals surface area contributed by atoms with Crippen molar-refractivity contribution < 1.29 is 4.79 Å². The van der Waals surface area contributed by atoms with Crippen molar-refractivity contribution in [2.75, 3.05) is 24.7 Å². The highest BCUT2D eigenvalue weighted by Gasteiger charge is 2.35. The number of para-hydroxylation sites is 1. The molecule has 0 radical (unpaired) electrons. The molecule has 2 aliphatic heterocycles. The van der Waals surface area contributed by atoms with Gasteiger partial charge in [0.1, 0.15) is 17.7 Å². The second-order valence-electron chi connectivity index (χ2n) is 5.54. The highest BCUT2D eigenvalue weighted by Crippen LogP contribution is 2.38. The lowest BCUT2D eigenvalue weighted by atomic mass is 10.0. The van der Waals surface area contributed by atoms with Crippen LogP contribution in [0.2, 0.25) is 0 Å². The van der Waals surface area contributed by atoms with Crippen molar-refractivity contribution in [3.8, 4) is 12.1 Å². The van der Waals surface area contributed by atoms with Gasteiger partial charge >= 0.3 is 0 Å². The molecule has 0 saturated carbocycles. The van der Waals surface area contributed by atoms with E-state index in [1.165, 1.54) is 6.42 Å². The Hall–Kier alpha value is -2.63. The summed E-state index contributed by atoms with van der Waals surface area (Å²) in [4.78, 5) is 16.7. The van der Waals surface area contributed by atoms with Gasteiger partial charge in [-0.25, -0.2) is 0 Å². The molecule has 0 atom stereocenters. The molecule has 1 aromatic rings. The number of allylic oxidation sites excluding steroid dienone is 1. The number of benzene rings is 1. The molecule has 1 aromatic carbocycles. The first-order chi connectivity index (χ1) is 10.8. The van der Waals surface area contributed by atoms with Gasteiger partial charge in [-0.3, -0.25) is 14.6 Å². The molecule has 2 aliphatic rings. The lowest BCUT2D eigenvalue weighted by Gasteiger charge is -2.30. The fourth-order valence-electron chi connectivity index (χ4n) is 3.10. The van der Waals surface area contributed by atoms with E-state index in [2.05, 4.69) is 4.90 Å². The zero-order valence-corrected chi connectivity index (χ0v) is 12.2. The fraction of sp³-hybridized carbons (Fsp3) is 0.353. The van der Waals surface area contributed by atoms with Crippen LogP contribution in [0.4, 0.5) is 5.69 Å². The minimum atomic E-state index is -0.245. The highest BCUT2D eigenvalue weighted by molar-refractivity contribution is 6.34. The lowest BCUT2D eigenvalue weighted by Crippen LogP contribution is -2.42. The Labute approximate surface area is 129 Å². The van der Waals surface area contributed by atoms with Gasteiger partial charge in [-0.2, -0.15) is 10.5 Å². The van der Waals surface area contributed by atoms with Crippen molar-refractivity contribution in [2.24, 2.45) is 0 Å². The number of hydrogen-bond donors (Lipinski definition) is 0. The summed E-state index contributed by atoms with van der Waals surface area (Å²) in [6, 6.07) is 11.1. The summed E-state index contributed by atoms with van der Waals surface area (Å²) in [5.41, 5.74) is 1.59. The van der Waals surface area contributed by atoms with Crippen molar-refractivity contribution in [1.29, 1.82) is 10.5 Å². The largest absolute Gasteiger partial charge is 0.294 e. The maximum absolute atomic E-state index is 12.7. The van der Waals surface area contributed by atoms with Crippen molar-refractivity contribution in [1.82, 2.24) is 4.90 Å². The van der Waals surface area contributed by atoms with E-state index < -0.39 is 0 Å². The van der Waals surface area contributed by atoms with Crippen LogP contribution in [-0.4, -0.2) is 30.6 Å². The van der Waals surface area contributed by atoms with Gasteiger partial charge in [0.25, 0.3) is 5.91 Å². The Kier molecular flexibility index (Phi) is 3.91. The molecule has 1 saturated heterocycles. The average Bonchev–Trinajstić information content (AvgIpc) is 2.83. The van der Waals surface area contributed by atoms with E-state index in [9.17, 15) is 4.79 Å². The van der Waals surface area contributed by atoms with Crippen LogP contribution in [0.1, 0.15) is 24.8 Å². The Morgan fingerprint density at radius 2 is 1.77 bits per heavy atom. The highest BCUT2D eigenvalue weighted by atomic mass is 16.2. The smallest absolute Gasteiger partial charge is 0.262 e. The number of nitriles is 2. The average molecular weight is 292 g/mol. The normalized spacial score (nSPS) is 17.8. The maximum atomic E-state index is 12.7. The lowest BCUT2D eigenvalue weighted by molar-refractivity contribution is -0.113. The van der Waals surface area contributed by atoms with Crippen molar-refractivity contribution in [2.45, 2.75) is 19.3 Å². The molecule has 22 heavy (non-hydrogen) atoms. The van der Waals surface area contributed by atoms with Crippen molar-refractivity contribution >= 4 is 17.2 Å². The van der Waals surface area contributed by atoms with Gasteiger partial charge in [-0.05, 0) is 32.0 Å². The van der Waals surface area contributed by atoms with Crippen LogP contribution in [0.15, 0.2) is 29.8 Å². The van der Waals surface area contributed by atoms with E-state index in [-0.39, 0.29) is 17.1 Å². The van der Waals surface area contributed by atoms with Gasteiger partial charge in [-0.15, -0.1) is 0 Å². The number of fused-ring (bicyclic) bond motifs is 1. The number of nitrogens with zero attached hydrogens (tertiary/aromatic N) is 4. The van der Waals surface area contributed by atoms with Crippen molar-refractivity contribution in [3.05, 3.63) is 35.4 Å². The molecule has 1 fully saturated rings. The molecule has 0 aromatic heterocycles. The number of carbonyl (C=O) groups is 1. The third-order valence-electron chi connectivity index (χ3n) is 4.19. The first kappa shape index (κ1) is 14.3. The van der Waals surface area contributed by atoms with Crippen LogP contribution in [0.3, 0.4) is 0 Å². The zero-order chi connectivity index (χ0) is 15.5. The summed E-state index contributed by atoms with van der Waals surface area (Å²) in [5, 5.41) is 18.3. The Morgan fingerprint density at radius 3 is 2.45 bits per heavy atom. The molecule has 0 spiro atoms. The minimum Gasteiger partial charge on any atom is -0.294 e. The summed E-state index contributed by atoms with van der Waals surface area (Å²) >= 11 is 0. The summed E-state index contributed by atoms with van der Waals surface area (Å²) in [7, 11) is 0. The van der Waals surface area contributed by atoms with Gasteiger partial charge in [-0.1, -0.05) is 24.6 Å². The van der Waals surface area contributed by atoms with E-state index in [1.54, 1.807) is 11.0 Å². The monoisotopic (exact) mass is 292 g/mol. The molecule has 5 nitrogen and oxygen atoms in total. The minimum absolute atomic E-state index is 0.112. The van der Waals surface area contributed by atoms with Crippen LogP contribution < -0.4 is 4.90 Å². The molecular weight excluding hydrogens is 276 g/mol. The van der Waals surface area contributed by atoms with Crippen LogP contribution in [0.25, 0.3) is 5.57 Å². The van der Waals surface area contributed by atoms with Gasteiger partial charge < -0.3 is 0 Å². The molecule has 0 N–H and O–H groups in total. The summed E-state index contributed by atoms with van der Waals surface area (Å²) in [6.07, 6.45) is 3.53. The Morgan fingerprint density at radius 1 is 1.09 bits per heavy atom. The molecule has 110 valence electrons. The van der Waals surface area contributed by atoms with Gasteiger partial charge in [0.2, 0.25) is 0 Å². The molecule has 0 unspecified atom stereocenters. The number of hydrogen-bond acceptors (Lipinski definition) is 4. The van der Waals surface area contributed by atoms with Crippen LogP contribution >= 0.6 is 0 Å². The summed E-state index contributed by atoms with van der Waals surface area (Å²) in [5.74, 6) is -0.245.